The second-order valence-corrected chi connectivity index (χ2v) is 6.34. The van der Waals surface area contributed by atoms with E-state index in [-0.39, 0.29) is 11.9 Å². The molecule has 0 bridgehead atoms. The van der Waals surface area contributed by atoms with Crippen LogP contribution >= 0.6 is 23.1 Å². The van der Waals surface area contributed by atoms with Gasteiger partial charge in [0.1, 0.15) is 0 Å². The Bertz CT molecular complexity index is 438. The van der Waals surface area contributed by atoms with Crippen LogP contribution in [0, 0.1) is 11.3 Å². The Morgan fingerprint density at radius 1 is 1.71 bits per heavy atom. The predicted molar refractivity (Wildman–Crippen MR) is 71.3 cm³/mol. The second-order valence-electron chi connectivity index (χ2n) is 4.10. The lowest BCUT2D eigenvalue weighted by Crippen LogP contribution is -2.31. The number of nitriles is 1. The normalized spacial score (nSPS) is 15.8. The van der Waals surface area contributed by atoms with Crippen LogP contribution < -0.4 is 5.32 Å². The van der Waals surface area contributed by atoms with Crippen LogP contribution in [0.5, 0.6) is 0 Å². The Labute approximate surface area is 109 Å². The lowest BCUT2D eigenvalue weighted by molar-refractivity contribution is 0.0945. The number of carbonyl (C=O) groups is 1. The van der Waals surface area contributed by atoms with Crippen molar-refractivity contribution in [3.05, 3.63) is 21.4 Å². The summed E-state index contributed by atoms with van der Waals surface area (Å²) in [5, 5.41) is 11.4. The number of rotatable bonds is 3. The largest absolute Gasteiger partial charge is 0.348 e. The molecule has 3 nitrogen and oxygen atoms in total. The van der Waals surface area contributed by atoms with Crippen molar-refractivity contribution in [2.45, 2.75) is 31.6 Å². The molecule has 1 unspecified atom stereocenters. The first kappa shape index (κ1) is 12.5. The summed E-state index contributed by atoms with van der Waals surface area (Å²) in [6, 6.07) is 3.98. The zero-order valence-electron chi connectivity index (χ0n) is 9.66. The van der Waals surface area contributed by atoms with E-state index in [0.29, 0.717) is 6.42 Å². The number of nitrogens with one attached hydrogen (secondary N) is 1. The van der Waals surface area contributed by atoms with Crippen LogP contribution in [0.4, 0.5) is 0 Å². The molecule has 5 heteroatoms. The van der Waals surface area contributed by atoms with Crippen molar-refractivity contribution in [2.75, 3.05) is 5.75 Å². The fourth-order valence-electron chi connectivity index (χ4n) is 1.74. The summed E-state index contributed by atoms with van der Waals surface area (Å²) in [4.78, 5) is 14.1. The lowest BCUT2D eigenvalue weighted by Gasteiger charge is -2.08. The van der Waals surface area contributed by atoms with Gasteiger partial charge in [-0.2, -0.15) is 17.0 Å². The molecule has 17 heavy (non-hydrogen) atoms. The number of carbonyl (C=O) groups excluding carboxylic acids is 1. The summed E-state index contributed by atoms with van der Waals surface area (Å²) < 4.78 is 0. The summed E-state index contributed by atoms with van der Waals surface area (Å²) in [6.07, 6.45) is 1.43. The van der Waals surface area contributed by atoms with Gasteiger partial charge in [-0.05, 0) is 30.7 Å². The van der Waals surface area contributed by atoms with Crippen LogP contribution in [-0.2, 0) is 12.2 Å². The molecule has 1 aliphatic rings. The lowest BCUT2D eigenvalue weighted by atomic mass is 10.2. The van der Waals surface area contributed by atoms with Crippen LogP contribution in [0.2, 0.25) is 0 Å². The van der Waals surface area contributed by atoms with Gasteiger partial charge in [0.2, 0.25) is 0 Å². The Kier molecular flexibility index (Phi) is 4.08. The molecular formula is C12H14N2OS2. The number of thioether (sulfide) groups is 1. The van der Waals surface area contributed by atoms with Gasteiger partial charge in [0.15, 0.2) is 0 Å². The molecule has 0 aromatic carbocycles. The van der Waals surface area contributed by atoms with Crippen LogP contribution in [-0.4, -0.2) is 17.7 Å². The third-order valence-corrected chi connectivity index (χ3v) is 4.87. The van der Waals surface area contributed by atoms with Gasteiger partial charge in [-0.1, -0.05) is 0 Å². The maximum absolute atomic E-state index is 11.9. The Morgan fingerprint density at radius 3 is 3.24 bits per heavy atom. The standard InChI is InChI=1S/C12H14N2OS2/c1-8(2-4-13)14-12(15)11-6-9-7-16-5-3-10(9)17-11/h6,8H,2-3,5,7H2,1H3,(H,14,15). The van der Waals surface area contributed by atoms with E-state index >= 15 is 0 Å². The first-order valence-corrected chi connectivity index (χ1v) is 7.55. The zero-order chi connectivity index (χ0) is 12.3. The number of amides is 1. The van der Waals surface area contributed by atoms with Gasteiger partial charge in [-0.3, -0.25) is 4.79 Å². The van der Waals surface area contributed by atoms with Crippen molar-refractivity contribution < 1.29 is 4.79 Å². The van der Waals surface area contributed by atoms with Crippen LogP contribution in [0.25, 0.3) is 0 Å². The molecule has 1 amide bonds. The predicted octanol–water partition coefficient (Wildman–Crippen LogP) is 2.57. The summed E-state index contributed by atoms with van der Waals surface area (Å²) in [5.74, 6) is 2.13. The topological polar surface area (TPSA) is 52.9 Å². The molecule has 0 fully saturated rings. The third-order valence-electron chi connectivity index (χ3n) is 2.63. The maximum atomic E-state index is 11.9. The monoisotopic (exact) mass is 266 g/mol. The van der Waals surface area contributed by atoms with E-state index in [1.54, 1.807) is 11.3 Å². The molecule has 1 aliphatic heterocycles. The van der Waals surface area contributed by atoms with Crippen molar-refractivity contribution in [1.29, 1.82) is 5.26 Å². The van der Waals surface area contributed by atoms with Crippen LogP contribution in [0.3, 0.4) is 0 Å². The summed E-state index contributed by atoms with van der Waals surface area (Å²) in [6.45, 7) is 1.85. The minimum absolute atomic E-state index is 0.0443. The fraction of sp³-hybridized carbons (Fsp3) is 0.500. The highest BCUT2D eigenvalue weighted by molar-refractivity contribution is 7.98. The Morgan fingerprint density at radius 2 is 2.53 bits per heavy atom. The first-order valence-electron chi connectivity index (χ1n) is 5.58. The fourth-order valence-corrected chi connectivity index (χ4v) is 4.02. The van der Waals surface area contributed by atoms with Gasteiger partial charge in [-0.25, -0.2) is 0 Å². The highest BCUT2D eigenvalue weighted by Crippen LogP contribution is 2.31. The molecule has 0 radical (unpaired) electrons. The number of aryl methyl sites for hydroxylation is 1. The quantitative estimate of drug-likeness (QED) is 0.915. The molecule has 2 heterocycles. The maximum Gasteiger partial charge on any atom is 0.261 e. The molecule has 2 rings (SSSR count). The number of fused-ring (bicyclic) bond motifs is 1. The molecule has 0 saturated heterocycles. The van der Waals surface area contributed by atoms with Crippen molar-refractivity contribution in [1.82, 2.24) is 5.32 Å². The summed E-state index contributed by atoms with van der Waals surface area (Å²) in [7, 11) is 0. The molecular weight excluding hydrogens is 252 g/mol. The minimum Gasteiger partial charge on any atom is -0.348 e. The van der Waals surface area contributed by atoms with E-state index in [1.165, 1.54) is 10.4 Å². The summed E-state index contributed by atoms with van der Waals surface area (Å²) >= 11 is 3.51. The summed E-state index contributed by atoms with van der Waals surface area (Å²) in [5.41, 5.74) is 1.31. The van der Waals surface area contributed by atoms with Crippen molar-refractivity contribution in [3.63, 3.8) is 0 Å². The van der Waals surface area contributed by atoms with E-state index < -0.39 is 0 Å². The van der Waals surface area contributed by atoms with Gasteiger partial charge in [-0.15, -0.1) is 11.3 Å². The van der Waals surface area contributed by atoms with E-state index in [0.717, 1.165) is 22.8 Å². The second kappa shape index (κ2) is 5.56. The Hall–Kier alpha value is -0.990. The van der Waals surface area contributed by atoms with E-state index in [4.69, 9.17) is 5.26 Å². The van der Waals surface area contributed by atoms with Crippen molar-refractivity contribution in [3.8, 4) is 6.07 Å². The van der Waals surface area contributed by atoms with Crippen molar-refractivity contribution in [2.24, 2.45) is 0 Å². The number of hydrogen-bond donors (Lipinski definition) is 1. The van der Waals surface area contributed by atoms with Gasteiger partial charge < -0.3 is 5.32 Å². The zero-order valence-corrected chi connectivity index (χ0v) is 11.3. The molecule has 1 N–H and O–H groups in total. The highest BCUT2D eigenvalue weighted by Gasteiger charge is 2.18. The number of nitrogens with zero attached hydrogens (tertiary/aromatic N) is 1. The molecule has 0 saturated carbocycles. The van der Waals surface area contributed by atoms with E-state index in [2.05, 4.69) is 11.4 Å². The van der Waals surface area contributed by atoms with Crippen LogP contribution in [0.15, 0.2) is 6.07 Å². The average Bonchev–Trinajstić information content (AvgIpc) is 2.72. The molecule has 1 aromatic heterocycles. The molecule has 1 aromatic rings. The molecule has 1 atom stereocenters. The van der Waals surface area contributed by atoms with E-state index in [9.17, 15) is 4.79 Å². The van der Waals surface area contributed by atoms with Gasteiger partial charge in [0.05, 0.1) is 17.4 Å². The molecule has 0 spiro atoms. The average molecular weight is 266 g/mol. The molecule has 90 valence electrons. The SMILES string of the molecule is CC(CC#N)NC(=O)c1cc2c(s1)CCSC2. The number of hydrogen-bond acceptors (Lipinski definition) is 4. The van der Waals surface area contributed by atoms with E-state index in [1.807, 2.05) is 24.8 Å². The number of thiophene rings is 1. The van der Waals surface area contributed by atoms with Gasteiger partial charge in [0, 0.05) is 16.7 Å². The van der Waals surface area contributed by atoms with Crippen LogP contribution in [0.1, 0.15) is 33.5 Å². The van der Waals surface area contributed by atoms with Gasteiger partial charge >= 0.3 is 0 Å². The Balaban J connectivity index is 2.04. The molecule has 0 aliphatic carbocycles. The highest BCUT2D eigenvalue weighted by atomic mass is 32.2. The minimum atomic E-state index is -0.0824. The van der Waals surface area contributed by atoms with Gasteiger partial charge in [0.25, 0.3) is 5.91 Å². The first-order chi connectivity index (χ1) is 8.20. The van der Waals surface area contributed by atoms with Crippen molar-refractivity contribution >= 4 is 29.0 Å². The smallest absolute Gasteiger partial charge is 0.261 e. The third kappa shape index (κ3) is 3.02.